The van der Waals surface area contributed by atoms with Gasteiger partial charge in [-0.3, -0.25) is 4.79 Å². The third kappa shape index (κ3) is 3.90. The van der Waals surface area contributed by atoms with E-state index >= 15 is 0 Å². The number of nitrogens with zero attached hydrogens (tertiary/aromatic N) is 1. The quantitative estimate of drug-likeness (QED) is 0.944. The predicted molar refractivity (Wildman–Crippen MR) is 91.8 cm³/mol. The zero-order valence-corrected chi connectivity index (χ0v) is 13.4. The molecule has 0 radical (unpaired) electrons. The fourth-order valence-corrected chi connectivity index (χ4v) is 2.75. The van der Waals surface area contributed by atoms with Crippen molar-refractivity contribution < 1.29 is 9.53 Å². The van der Waals surface area contributed by atoms with E-state index in [4.69, 9.17) is 4.74 Å². The average molecular weight is 310 g/mol. The Kier molecular flexibility index (Phi) is 4.93. The average Bonchev–Trinajstić information content (AvgIpc) is 2.63. The molecule has 1 saturated heterocycles. The largest absolute Gasteiger partial charge is 0.378 e. The monoisotopic (exact) mass is 310 g/mol. The van der Waals surface area contributed by atoms with Crippen LogP contribution < -0.4 is 10.2 Å². The maximum absolute atomic E-state index is 12.4. The fourth-order valence-electron chi connectivity index (χ4n) is 2.75. The van der Waals surface area contributed by atoms with Crippen molar-refractivity contribution in [2.75, 3.05) is 31.2 Å². The highest BCUT2D eigenvalue weighted by molar-refractivity contribution is 5.94. The number of amides is 1. The van der Waals surface area contributed by atoms with Crippen LogP contribution >= 0.6 is 0 Å². The molecule has 1 unspecified atom stereocenters. The molecule has 2 aromatic carbocycles. The molecule has 1 aliphatic heterocycles. The van der Waals surface area contributed by atoms with Crippen LogP contribution in [0.1, 0.15) is 28.9 Å². The molecule has 1 N–H and O–H groups in total. The summed E-state index contributed by atoms with van der Waals surface area (Å²) in [6.07, 6.45) is 0. The number of anilines is 1. The highest BCUT2D eigenvalue weighted by Crippen LogP contribution is 2.18. The van der Waals surface area contributed by atoms with E-state index in [9.17, 15) is 4.79 Å². The number of rotatable bonds is 4. The van der Waals surface area contributed by atoms with Crippen LogP contribution in [-0.4, -0.2) is 32.2 Å². The van der Waals surface area contributed by atoms with Gasteiger partial charge in [-0.15, -0.1) is 0 Å². The van der Waals surface area contributed by atoms with Gasteiger partial charge < -0.3 is 15.0 Å². The van der Waals surface area contributed by atoms with E-state index in [2.05, 4.69) is 10.2 Å². The Morgan fingerprint density at radius 2 is 1.70 bits per heavy atom. The lowest BCUT2D eigenvalue weighted by atomic mass is 10.1. The van der Waals surface area contributed by atoms with Gasteiger partial charge in [0.15, 0.2) is 0 Å². The minimum absolute atomic E-state index is 0.0115. The first kappa shape index (κ1) is 15.6. The van der Waals surface area contributed by atoms with Crippen LogP contribution in [0.5, 0.6) is 0 Å². The summed E-state index contributed by atoms with van der Waals surface area (Å²) >= 11 is 0. The Hall–Kier alpha value is -2.33. The number of hydrogen-bond donors (Lipinski definition) is 1. The van der Waals surface area contributed by atoms with Crippen LogP contribution in [-0.2, 0) is 4.74 Å². The van der Waals surface area contributed by atoms with Crippen LogP contribution in [0.3, 0.4) is 0 Å². The molecule has 0 aliphatic carbocycles. The summed E-state index contributed by atoms with van der Waals surface area (Å²) < 4.78 is 5.36. The van der Waals surface area contributed by atoms with Crippen LogP contribution in [0.25, 0.3) is 0 Å². The Morgan fingerprint density at radius 1 is 1.04 bits per heavy atom. The summed E-state index contributed by atoms with van der Waals surface area (Å²) in [5.74, 6) is -0.0464. The number of hydrogen-bond acceptors (Lipinski definition) is 3. The first-order valence-electron chi connectivity index (χ1n) is 8.02. The summed E-state index contributed by atoms with van der Waals surface area (Å²) in [7, 11) is 0. The van der Waals surface area contributed by atoms with Crippen molar-refractivity contribution in [3.05, 3.63) is 65.7 Å². The summed E-state index contributed by atoms with van der Waals surface area (Å²) in [6.45, 7) is 5.32. The SMILES string of the molecule is CC(NC(=O)c1ccc(N2CCOCC2)cc1)c1ccccc1. The van der Waals surface area contributed by atoms with Gasteiger partial charge in [-0.25, -0.2) is 0 Å². The first-order valence-corrected chi connectivity index (χ1v) is 8.02. The van der Waals surface area contributed by atoms with Crippen LogP contribution in [0, 0.1) is 0 Å². The van der Waals surface area contributed by atoms with Crippen molar-refractivity contribution in [2.45, 2.75) is 13.0 Å². The molecular weight excluding hydrogens is 288 g/mol. The Balaban J connectivity index is 1.63. The zero-order valence-electron chi connectivity index (χ0n) is 13.4. The summed E-state index contributed by atoms with van der Waals surface area (Å²) in [5, 5.41) is 3.04. The lowest BCUT2D eigenvalue weighted by Gasteiger charge is -2.28. The molecule has 0 saturated carbocycles. The van der Waals surface area contributed by atoms with Crippen molar-refractivity contribution >= 4 is 11.6 Å². The predicted octanol–water partition coefficient (Wildman–Crippen LogP) is 3.01. The van der Waals surface area contributed by atoms with E-state index in [-0.39, 0.29) is 11.9 Å². The molecule has 1 heterocycles. The van der Waals surface area contributed by atoms with Gasteiger partial charge >= 0.3 is 0 Å². The molecule has 4 heteroatoms. The maximum Gasteiger partial charge on any atom is 0.251 e. The molecule has 0 spiro atoms. The molecule has 120 valence electrons. The van der Waals surface area contributed by atoms with Crippen LogP contribution in [0.4, 0.5) is 5.69 Å². The van der Waals surface area contributed by atoms with E-state index in [0.717, 1.165) is 37.6 Å². The van der Waals surface area contributed by atoms with E-state index in [1.165, 1.54) is 0 Å². The van der Waals surface area contributed by atoms with Gasteiger partial charge in [0.25, 0.3) is 5.91 Å². The van der Waals surface area contributed by atoms with Crippen molar-refractivity contribution in [3.8, 4) is 0 Å². The molecule has 23 heavy (non-hydrogen) atoms. The van der Waals surface area contributed by atoms with E-state index < -0.39 is 0 Å². The van der Waals surface area contributed by atoms with Gasteiger partial charge in [0.05, 0.1) is 19.3 Å². The van der Waals surface area contributed by atoms with Crippen molar-refractivity contribution in [1.29, 1.82) is 0 Å². The van der Waals surface area contributed by atoms with Gasteiger partial charge in [-0.05, 0) is 36.8 Å². The van der Waals surface area contributed by atoms with Gasteiger partial charge in [0.1, 0.15) is 0 Å². The number of nitrogens with one attached hydrogen (secondary N) is 1. The van der Waals surface area contributed by atoms with Gasteiger partial charge in [0.2, 0.25) is 0 Å². The van der Waals surface area contributed by atoms with E-state index in [0.29, 0.717) is 5.56 Å². The molecule has 0 bridgehead atoms. The summed E-state index contributed by atoms with van der Waals surface area (Å²) in [4.78, 5) is 14.6. The third-order valence-electron chi connectivity index (χ3n) is 4.15. The number of benzene rings is 2. The lowest BCUT2D eigenvalue weighted by molar-refractivity contribution is 0.0940. The maximum atomic E-state index is 12.4. The molecule has 4 nitrogen and oxygen atoms in total. The van der Waals surface area contributed by atoms with E-state index in [1.54, 1.807) is 0 Å². The highest BCUT2D eigenvalue weighted by atomic mass is 16.5. The topological polar surface area (TPSA) is 41.6 Å². The second-order valence-electron chi connectivity index (χ2n) is 5.75. The molecule has 3 rings (SSSR count). The van der Waals surface area contributed by atoms with Gasteiger partial charge in [-0.2, -0.15) is 0 Å². The van der Waals surface area contributed by atoms with Crippen LogP contribution in [0.2, 0.25) is 0 Å². The number of morpholine rings is 1. The molecule has 0 aromatic heterocycles. The molecule has 1 amide bonds. The smallest absolute Gasteiger partial charge is 0.251 e. The highest BCUT2D eigenvalue weighted by Gasteiger charge is 2.14. The number of carbonyl (C=O) groups is 1. The Labute approximate surface area is 137 Å². The molecular formula is C19H22N2O2. The standard InChI is InChI=1S/C19H22N2O2/c1-15(16-5-3-2-4-6-16)20-19(22)17-7-9-18(10-8-17)21-11-13-23-14-12-21/h2-10,15H,11-14H2,1H3,(H,20,22). The molecule has 2 aromatic rings. The van der Waals surface area contributed by atoms with Gasteiger partial charge in [0, 0.05) is 24.3 Å². The van der Waals surface area contributed by atoms with Crippen molar-refractivity contribution in [2.24, 2.45) is 0 Å². The third-order valence-corrected chi connectivity index (χ3v) is 4.15. The molecule has 1 aliphatic rings. The van der Waals surface area contributed by atoms with E-state index in [1.807, 2.05) is 61.5 Å². The van der Waals surface area contributed by atoms with Crippen molar-refractivity contribution in [1.82, 2.24) is 5.32 Å². The first-order chi connectivity index (χ1) is 11.2. The summed E-state index contributed by atoms with van der Waals surface area (Å²) in [5.41, 5.74) is 2.93. The molecule has 1 atom stereocenters. The summed E-state index contributed by atoms with van der Waals surface area (Å²) in [6, 6.07) is 17.8. The normalized spacial score (nSPS) is 16.0. The zero-order chi connectivity index (χ0) is 16.1. The van der Waals surface area contributed by atoms with Crippen LogP contribution in [0.15, 0.2) is 54.6 Å². The Bertz CT molecular complexity index is 634. The second-order valence-corrected chi connectivity index (χ2v) is 5.75. The Morgan fingerprint density at radius 3 is 2.35 bits per heavy atom. The fraction of sp³-hybridized carbons (Fsp3) is 0.316. The number of ether oxygens (including phenoxy) is 1. The number of carbonyl (C=O) groups excluding carboxylic acids is 1. The lowest BCUT2D eigenvalue weighted by Crippen LogP contribution is -2.36. The molecule has 1 fully saturated rings. The van der Waals surface area contributed by atoms with Crippen molar-refractivity contribution in [3.63, 3.8) is 0 Å². The van der Waals surface area contributed by atoms with Gasteiger partial charge in [-0.1, -0.05) is 30.3 Å². The minimum atomic E-state index is -0.0464. The second kappa shape index (κ2) is 7.29. The minimum Gasteiger partial charge on any atom is -0.378 e.